The van der Waals surface area contributed by atoms with Gasteiger partial charge in [0.1, 0.15) is 0 Å². The van der Waals surface area contributed by atoms with Gasteiger partial charge in [0.2, 0.25) is 0 Å². The lowest BCUT2D eigenvalue weighted by molar-refractivity contribution is -0.136. The molecule has 0 aromatic carbocycles. The van der Waals surface area contributed by atoms with E-state index in [1.165, 1.54) is 0 Å². The number of hydrogen-bond acceptors (Lipinski definition) is 2. The Bertz CT molecular complexity index is 374. The first-order chi connectivity index (χ1) is 11.4. The normalized spacial score (nSPS) is 14.8. The second-order valence-electron chi connectivity index (χ2n) is 6.94. The molecule has 0 fully saturated rings. The van der Waals surface area contributed by atoms with Gasteiger partial charge in [-0.15, -0.1) is 0 Å². The molecule has 0 spiro atoms. The molecule has 2 N–H and O–H groups in total. The van der Waals surface area contributed by atoms with Crippen LogP contribution in [-0.2, 0) is 9.59 Å². The van der Waals surface area contributed by atoms with Gasteiger partial charge < -0.3 is 10.2 Å². The number of carboxylic acids is 2. The molecule has 4 heteroatoms. The van der Waals surface area contributed by atoms with E-state index < -0.39 is 11.9 Å². The maximum absolute atomic E-state index is 11.7. The van der Waals surface area contributed by atoms with Gasteiger partial charge in [-0.3, -0.25) is 0 Å². The first kappa shape index (κ1) is 22.7. The fraction of sp³-hybridized carbons (Fsp3) is 0.800. The van der Waals surface area contributed by atoms with Crippen LogP contribution in [0.5, 0.6) is 0 Å². The Labute approximate surface area is 147 Å². The highest BCUT2D eigenvalue weighted by molar-refractivity contribution is 5.99. The van der Waals surface area contributed by atoms with Crippen LogP contribution in [0.3, 0.4) is 0 Å². The van der Waals surface area contributed by atoms with E-state index in [0.29, 0.717) is 0 Å². The number of rotatable bonds is 14. The summed E-state index contributed by atoms with van der Waals surface area (Å²) in [6.45, 7) is 7.97. The fourth-order valence-corrected chi connectivity index (χ4v) is 3.23. The van der Waals surface area contributed by atoms with E-state index in [1.807, 2.05) is 13.8 Å². The largest absolute Gasteiger partial charge is 0.478 e. The molecule has 140 valence electrons. The van der Waals surface area contributed by atoms with Gasteiger partial charge >= 0.3 is 11.9 Å². The molecule has 0 radical (unpaired) electrons. The number of carboxylic acid groups (broad SMARTS) is 2. The van der Waals surface area contributed by atoms with Crippen LogP contribution >= 0.6 is 0 Å². The maximum atomic E-state index is 11.7. The van der Waals surface area contributed by atoms with Crippen LogP contribution < -0.4 is 0 Å². The van der Waals surface area contributed by atoms with E-state index in [0.717, 1.165) is 64.2 Å². The molecule has 0 saturated heterocycles. The summed E-state index contributed by atoms with van der Waals surface area (Å²) in [4.78, 5) is 23.5. The van der Waals surface area contributed by atoms with Gasteiger partial charge in [-0.2, -0.15) is 0 Å². The molecule has 0 amide bonds. The summed E-state index contributed by atoms with van der Waals surface area (Å²) in [5.74, 6) is -2.58. The van der Waals surface area contributed by atoms with Crippen molar-refractivity contribution < 1.29 is 19.8 Å². The third-order valence-electron chi connectivity index (χ3n) is 4.72. The van der Waals surface area contributed by atoms with Crippen LogP contribution in [0.4, 0.5) is 0 Å². The second-order valence-corrected chi connectivity index (χ2v) is 6.94. The molecule has 0 aromatic heterocycles. The Kier molecular flexibility index (Phi) is 12.3. The molecule has 4 nitrogen and oxygen atoms in total. The minimum Gasteiger partial charge on any atom is -0.478 e. The van der Waals surface area contributed by atoms with Crippen molar-refractivity contribution in [2.75, 3.05) is 0 Å². The minimum atomic E-state index is -1.07. The van der Waals surface area contributed by atoms with Gasteiger partial charge in [0.05, 0.1) is 11.1 Å². The van der Waals surface area contributed by atoms with Crippen molar-refractivity contribution >= 4 is 11.9 Å². The van der Waals surface area contributed by atoms with Crippen LogP contribution in [-0.4, -0.2) is 22.2 Å². The first-order valence-electron chi connectivity index (χ1n) is 9.57. The molecule has 2 unspecified atom stereocenters. The van der Waals surface area contributed by atoms with Crippen LogP contribution in [0, 0.1) is 11.8 Å². The molecular formula is C20H36O4. The molecular weight excluding hydrogens is 304 g/mol. The van der Waals surface area contributed by atoms with E-state index in [9.17, 15) is 19.8 Å². The van der Waals surface area contributed by atoms with Crippen LogP contribution in [0.25, 0.3) is 0 Å². The molecule has 0 aliphatic carbocycles. The molecule has 0 aromatic rings. The van der Waals surface area contributed by atoms with E-state index in [1.54, 1.807) is 0 Å². The van der Waals surface area contributed by atoms with E-state index in [4.69, 9.17) is 0 Å². The highest BCUT2D eigenvalue weighted by Crippen LogP contribution is 2.29. The number of aliphatic carboxylic acids is 2. The van der Waals surface area contributed by atoms with E-state index in [2.05, 4.69) is 13.8 Å². The smallest absolute Gasteiger partial charge is 0.332 e. The summed E-state index contributed by atoms with van der Waals surface area (Å²) in [5.41, 5.74) is 0.226. The summed E-state index contributed by atoms with van der Waals surface area (Å²) in [6, 6.07) is 0. The molecule has 0 aliphatic heterocycles. The van der Waals surface area contributed by atoms with Gasteiger partial charge in [0, 0.05) is 0 Å². The second kappa shape index (κ2) is 13.0. The minimum absolute atomic E-state index is 0.113. The molecule has 24 heavy (non-hydrogen) atoms. The lowest BCUT2D eigenvalue weighted by Gasteiger charge is -2.20. The lowest BCUT2D eigenvalue weighted by atomic mass is 9.84. The molecule has 2 atom stereocenters. The average molecular weight is 341 g/mol. The molecule has 0 aliphatic rings. The number of carbonyl (C=O) groups is 2. The third kappa shape index (κ3) is 8.51. The van der Waals surface area contributed by atoms with Gasteiger partial charge in [-0.1, -0.05) is 79.1 Å². The highest BCUT2D eigenvalue weighted by atomic mass is 16.4. The summed E-state index contributed by atoms with van der Waals surface area (Å²) >= 11 is 0. The van der Waals surface area contributed by atoms with Crippen molar-refractivity contribution in [3.63, 3.8) is 0 Å². The van der Waals surface area contributed by atoms with Crippen molar-refractivity contribution in [1.82, 2.24) is 0 Å². The van der Waals surface area contributed by atoms with Gasteiger partial charge in [-0.05, 0) is 24.7 Å². The number of unbranched alkanes of at least 4 members (excludes halogenated alkanes) is 6. The average Bonchev–Trinajstić information content (AvgIpc) is 2.52. The van der Waals surface area contributed by atoms with Crippen LogP contribution in [0.2, 0.25) is 0 Å². The van der Waals surface area contributed by atoms with Crippen molar-refractivity contribution in [2.45, 2.75) is 91.9 Å². The summed E-state index contributed by atoms with van der Waals surface area (Å²) in [5, 5.41) is 19.2. The third-order valence-corrected chi connectivity index (χ3v) is 4.72. The molecule has 0 heterocycles. The van der Waals surface area contributed by atoms with Crippen molar-refractivity contribution in [2.24, 2.45) is 11.8 Å². The summed E-state index contributed by atoms with van der Waals surface area (Å²) in [6.07, 6.45) is 10.0. The fourth-order valence-electron chi connectivity index (χ4n) is 3.23. The van der Waals surface area contributed by atoms with Gasteiger partial charge in [0.25, 0.3) is 0 Å². The Balaban J connectivity index is 5.12. The Hall–Kier alpha value is -1.32. The molecule has 0 rings (SSSR count). The molecule has 0 bridgehead atoms. The van der Waals surface area contributed by atoms with E-state index in [-0.39, 0.29) is 23.0 Å². The maximum Gasteiger partial charge on any atom is 0.332 e. The first-order valence-corrected chi connectivity index (χ1v) is 9.57. The van der Waals surface area contributed by atoms with Crippen molar-refractivity contribution in [3.8, 4) is 0 Å². The topological polar surface area (TPSA) is 74.6 Å². The quantitative estimate of drug-likeness (QED) is 0.316. The zero-order valence-electron chi connectivity index (χ0n) is 15.9. The van der Waals surface area contributed by atoms with Gasteiger partial charge in [0.15, 0.2) is 0 Å². The van der Waals surface area contributed by atoms with E-state index >= 15 is 0 Å². The highest BCUT2D eigenvalue weighted by Gasteiger charge is 2.28. The monoisotopic (exact) mass is 340 g/mol. The Morgan fingerprint density at radius 3 is 1.25 bits per heavy atom. The van der Waals surface area contributed by atoms with Crippen molar-refractivity contribution in [3.05, 3.63) is 11.1 Å². The van der Waals surface area contributed by atoms with Crippen molar-refractivity contribution in [1.29, 1.82) is 0 Å². The zero-order valence-corrected chi connectivity index (χ0v) is 15.9. The zero-order chi connectivity index (χ0) is 18.5. The summed E-state index contributed by atoms with van der Waals surface area (Å²) < 4.78 is 0. The van der Waals surface area contributed by atoms with Crippen LogP contribution in [0.15, 0.2) is 11.1 Å². The standard InChI is InChI=1S/C20H36O4/c1-5-7-9-11-13-15(3)17(19(21)22)18(20(23)24)16(4)14-12-10-8-6-2/h15-16H,5-14H2,1-4H3,(H,21,22)(H,23,24)/b18-17+. The predicted octanol–water partition coefficient (Wildman–Crippen LogP) is 5.67. The summed E-state index contributed by atoms with van der Waals surface area (Å²) in [7, 11) is 0. The number of hydrogen-bond donors (Lipinski definition) is 2. The SMILES string of the molecule is CCCCCCC(C)/C(C(=O)O)=C(\C(=O)O)C(C)CCCCCC. The van der Waals surface area contributed by atoms with Crippen LogP contribution in [0.1, 0.15) is 91.9 Å². The Morgan fingerprint density at radius 1 is 0.667 bits per heavy atom. The van der Waals surface area contributed by atoms with Gasteiger partial charge in [-0.25, -0.2) is 9.59 Å². The molecule has 0 saturated carbocycles. The Morgan fingerprint density at radius 2 is 1.00 bits per heavy atom. The lowest BCUT2D eigenvalue weighted by Crippen LogP contribution is -2.21. The predicted molar refractivity (Wildman–Crippen MR) is 98.1 cm³/mol.